The number of nitrogens with zero attached hydrogens (tertiary/aromatic N) is 1. The van der Waals surface area contributed by atoms with Crippen molar-refractivity contribution in [1.29, 1.82) is 0 Å². The van der Waals surface area contributed by atoms with Crippen LogP contribution in [-0.4, -0.2) is 61.4 Å². The third kappa shape index (κ3) is 4.87. The van der Waals surface area contributed by atoms with Crippen molar-refractivity contribution < 1.29 is 0 Å². The molecule has 0 atom stereocenters. The Hall–Kier alpha value is 0.476. The molecule has 1 aromatic carbocycles. The minimum atomic E-state index is 0. The molecule has 0 aliphatic heterocycles. The fraction of sp³-hybridized carbons (Fsp3) is 0. The number of H-pyrrole nitrogens is 1. The zero-order chi connectivity index (χ0) is 12.3. The van der Waals surface area contributed by atoms with Gasteiger partial charge in [0.15, 0.2) is 4.77 Å². The van der Waals surface area contributed by atoms with E-state index in [0.29, 0.717) is 14.8 Å². The minimum absolute atomic E-state index is 0. The van der Waals surface area contributed by atoms with Crippen LogP contribution in [0.1, 0.15) is 11.3 Å². The molecule has 0 unspecified atom stereocenters. The molecule has 0 spiro atoms. The van der Waals surface area contributed by atoms with Crippen molar-refractivity contribution in [2.45, 2.75) is 0 Å². The van der Waals surface area contributed by atoms with Crippen molar-refractivity contribution in [3.8, 4) is 0 Å². The van der Waals surface area contributed by atoms with Crippen LogP contribution >= 0.6 is 35.4 Å². The number of rotatable bonds is 2. The maximum Gasteiger partial charge on any atom is 0.197 e. The molecule has 0 aliphatic rings. The van der Waals surface area contributed by atoms with E-state index < -0.39 is 0 Å². The van der Waals surface area contributed by atoms with E-state index in [4.69, 9.17) is 35.4 Å². The maximum atomic E-state index is 6.05. The molecule has 0 fully saturated rings. The molecular weight excluding hydrogens is 314 g/mol. The van der Waals surface area contributed by atoms with Gasteiger partial charge in [0.25, 0.3) is 0 Å². The zero-order valence-electron chi connectivity index (χ0n) is 9.65. The number of aromatic nitrogens is 2. The Bertz CT molecular complexity index is 625. The Balaban J connectivity index is 0.00000162. The Morgan fingerprint density at radius 2 is 1.94 bits per heavy atom. The van der Waals surface area contributed by atoms with Crippen molar-refractivity contribution >= 4 is 99.0 Å². The average molecular weight is 322 g/mol. The predicted molar refractivity (Wildman–Crippen MR) is 80.6 cm³/mol. The predicted octanol–water partition coefficient (Wildman–Crippen LogP) is 4.24. The topological polar surface area (TPSA) is 28.7 Å². The first kappa shape index (κ1) is 16.5. The van der Waals surface area contributed by atoms with E-state index in [1.54, 1.807) is 18.3 Å². The van der Waals surface area contributed by atoms with E-state index >= 15 is 0 Å². The number of benzene rings is 1. The number of nitrogens with one attached hydrogen (secondary N) is 1. The van der Waals surface area contributed by atoms with Crippen molar-refractivity contribution in [1.82, 2.24) is 9.97 Å². The number of halogens is 2. The second kappa shape index (κ2) is 7.92. The SMILES string of the molecule is S=c1nccc(C=Cc2ccc(Cl)cc2Cl)[nH]1.[K]. The first-order valence-corrected chi connectivity index (χ1v) is 6.00. The van der Waals surface area contributed by atoms with Crippen LogP contribution in [0.15, 0.2) is 30.5 Å². The summed E-state index contributed by atoms with van der Waals surface area (Å²) in [7, 11) is 0. The molecule has 0 saturated heterocycles. The molecule has 0 amide bonds. The van der Waals surface area contributed by atoms with E-state index in [0.717, 1.165) is 11.3 Å². The first-order valence-electron chi connectivity index (χ1n) is 4.83. The van der Waals surface area contributed by atoms with Crippen molar-refractivity contribution in [3.63, 3.8) is 0 Å². The summed E-state index contributed by atoms with van der Waals surface area (Å²) in [6.07, 6.45) is 5.42. The molecule has 1 N–H and O–H groups in total. The molecule has 1 heterocycles. The third-order valence-electron chi connectivity index (χ3n) is 2.10. The molecule has 2 rings (SSSR count). The Morgan fingerprint density at radius 3 is 2.61 bits per heavy atom. The van der Waals surface area contributed by atoms with Gasteiger partial charge in [-0.1, -0.05) is 35.3 Å². The van der Waals surface area contributed by atoms with Crippen molar-refractivity contribution in [2.75, 3.05) is 0 Å². The van der Waals surface area contributed by atoms with Gasteiger partial charge >= 0.3 is 0 Å². The van der Waals surface area contributed by atoms with Crippen LogP contribution in [0.25, 0.3) is 12.2 Å². The molecule has 0 aliphatic carbocycles. The van der Waals surface area contributed by atoms with Crippen LogP contribution in [0, 0.1) is 4.77 Å². The molecule has 1 aromatic heterocycles. The average Bonchev–Trinajstić information content (AvgIpc) is 2.28. The first-order chi connectivity index (χ1) is 8.15. The van der Waals surface area contributed by atoms with Gasteiger partial charge in [0, 0.05) is 73.3 Å². The molecule has 18 heavy (non-hydrogen) atoms. The van der Waals surface area contributed by atoms with Crippen LogP contribution in [-0.2, 0) is 0 Å². The van der Waals surface area contributed by atoms with Gasteiger partial charge in [0.1, 0.15) is 0 Å². The summed E-state index contributed by atoms with van der Waals surface area (Å²) in [4.78, 5) is 6.86. The van der Waals surface area contributed by atoms with Crippen LogP contribution in [0.2, 0.25) is 10.0 Å². The van der Waals surface area contributed by atoms with Gasteiger partial charge in [-0.3, -0.25) is 0 Å². The Kier molecular flexibility index (Phi) is 7.27. The molecule has 1 radical (unpaired) electrons. The summed E-state index contributed by atoms with van der Waals surface area (Å²) in [6.45, 7) is 0. The van der Waals surface area contributed by atoms with Crippen LogP contribution in [0.3, 0.4) is 0 Å². The van der Waals surface area contributed by atoms with Crippen molar-refractivity contribution in [2.24, 2.45) is 0 Å². The monoisotopic (exact) mass is 321 g/mol. The molecule has 6 heteroatoms. The van der Waals surface area contributed by atoms with Gasteiger partial charge in [-0.25, -0.2) is 4.98 Å². The molecular formula is C12H8Cl2KN2S. The van der Waals surface area contributed by atoms with E-state index in [2.05, 4.69) is 9.97 Å². The standard InChI is InChI=1S/C12H8Cl2N2S.K/c13-9-3-1-8(11(14)7-9)2-4-10-5-6-15-12(17)16-10;/h1-7H,(H,15,16,17);. The smallest absolute Gasteiger partial charge is 0.197 e. The maximum absolute atomic E-state index is 6.05. The third-order valence-corrected chi connectivity index (χ3v) is 2.87. The number of aromatic amines is 1. The van der Waals surface area contributed by atoms with E-state index in [1.165, 1.54) is 0 Å². The molecule has 0 saturated carbocycles. The summed E-state index contributed by atoms with van der Waals surface area (Å²) in [5, 5.41) is 1.23. The van der Waals surface area contributed by atoms with Gasteiger partial charge in [-0.05, 0) is 42.1 Å². The molecule has 87 valence electrons. The summed E-state index contributed by atoms with van der Waals surface area (Å²) in [5.74, 6) is 0. The van der Waals surface area contributed by atoms with Gasteiger partial charge in [0.2, 0.25) is 0 Å². The molecule has 0 bridgehead atoms. The van der Waals surface area contributed by atoms with Crippen LogP contribution < -0.4 is 0 Å². The van der Waals surface area contributed by atoms with E-state index in [-0.39, 0.29) is 51.4 Å². The fourth-order valence-corrected chi connectivity index (χ4v) is 1.95. The van der Waals surface area contributed by atoms with Gasteiger partial charge < -0.3 is 4.98 Å². The molecule has 2 aromatic rings. The zero-order valence-corrected chi connectivity index (χ0v) is 15.1. The molecule has 2 nitrogen and oxygen atoms in total. The van der Waals surface area contributed by atoms with Gasteiger partial charge in [-0.15, -0.1) is 0 Å². The number of hydrogen-bond acceptors (Lipinski definition) is 2. The largest absolute Gasteiger partial charge is 0.331 e. The summed E-state index contributed by atoms with van der Waals surface area (Å²) < 4.78 is 0.453. The second-order valence-electron chi connectivity index (χ2n) is 3.33. The summed E-state index contributed by atoms with van der Waals surface area (Å²) >= 11 is 16.8. The summed E-state index contributed by atoms with van der Waals surface area (Å²) in [5.41, 5.74) is 1.77. The Labute approximate surface area is 163 Å². The van der Waals surface area contributed by atoms with E-state index in [1.807, 2.05) is 24.3 Å². The minimum Gasteiger partial charge on any atom is -0.331 e. The number of hydrogen-bond donors (Lipinski definition) is 1. The fourth-order valence-electron chi connectivity index (χ4n) is 1.30. The van der Waals surface area contributed by atoms with E-state index in [9.17, 15) is 0 Å². The van der Waals surface area contributed by atoms with Gasteiger partial charge in [0.05, 0.1) is 0 Å². The van der Waals surface area contributed by atoms with Gasteiger partial charge in [-0.2, -0.15) is 0 Å². The van der Waals surface area contributed by atoms with Crippen LogP contribution in [0.4, 0.5) is 0 Å². The quantitative estimate of drug-likeness (QED) is 0.662. The normalized spacial score (nSPS) is 10.3. The van der Waals surface area contributed by atoms with Crippen molar-refractivity contribution in [3.05, 3.63) is 56.5 Å². The summed E-state index contributed by atoms with van der Waals surface area (Å²) in [6, 6.07) is 7.19. The second-order valence-corrected chi connectivity index (χ2v) is 4.56. The Morgan fingerprint density at radius 1 is 1.17 bits per heavy atom. The van der Waals surface area contributed by atoms with Crippen LogP contribution in [0.5, 0.6) is 0 Å².